The Morgan fingerprint density at radius 2 is 2.23 bits per heavy atom. The zero-order chi connectivity index (χ0) is 9.42. The van der Waals surface area contributed by atoms with Crippen molar-refractivity contribution in [2.75, 3.05) is 0 Å². The number of carbonyl (C=O) groups is 1. The molecule has 2 rings (SSSR count). The Kier molecular flexibility index (Phi) is 1.51. The van der Waals surface area contributed by atoms with Gasteiger partial charge in [-0.1, -0.05) is 6.07 Å². The predicted octanol–water partition coefficient (Wildman–Crippen LogP) is 0.365. The predicted molar refractivity (Wildman–Crippen MR) is 47.1 cm³/mol. The van der Waals surface area contributed by atoms with Gasteiger partial charge in [-0.25, -0.2) is 0 Å². The minimum Gasteiger partial charge on any atom is -0.366 e. The van der Waals surface area contributed by atoms with E-state index < -0.39 is 5.91 Å². The van der Waals surface area contributed by atoms with Crippen molar-refractivity contribution in [3.63, 3.8) is 0 Å². The number of amides is 1. The van der Waals surface area contributed by atoms with Gasteiger partial charge in [-0.3, -0.25) is 4.79 Å². The standard InChI is InChI=1S/C8H8N4O/c1-4-2-3-5-7(11-12-10-5)6(4)8(9)13/h2-3H,1H3,(H2,9,13)(H,10,11,12). The molecule has 2 aromatic rings. The van der Waals surface area contributed by atoms with Crippen molar-refractivity contribution < 1.29 is 4.79 Å². The lowest BCUT2D eigenvalue weighted by atomic mass is 10.1. The van der Waals surface area contributed by atoms with Crippen LogP contribution >= 0.6 is 0 Å². The summed E-state index contributed by atoms with van der Waals surface area (Å²) in [6.07, 6.45) is 0. The van der Waals surface area contributed by atoms with Gasteiger partial charge in [-0.05, 0) is 18.6 Å². The molecule has 0 unspecified atom stereocenters. The first-order valence-corrected chi connectivity index (χ1v) is 3.80. The van der Waals surface area contributed by atoms with Crippen LogP contribution in [0.25, 0.3) is 11.0 Å². The van der Waals surface area contributed by atoms with E-state index in [0.717, 1.165) is 5.56 Å². The zero-order valence-corrected chi connectivity index (χ0v) is 7.03. The number of benzene rings is 1. The van der Waals surface area contributed by atoms with E-state index in [9.17, 15) is 4.79 Å². The third-order valence-electron chi connectivity index (χ3n) is 1.94. The van der Waals surface area contributed by atoms with Crippen LogP contribution in [0, 0.1) is 6.92 Å². The van der Waals surface area contributed by atoms with Crippen LogP contribution in [0.15, 0.2) is 12.1 Å². The number of nitrogens with two attached hydrogens (primary N) is 1. The number of nitrogens with one attached hydrogen (secondary N) is 1. The van der Waals surface area contributed by atoms with Crippen LogP contribution in [0.5, 0.6) is 0 Å². The van der Waals surface area contributed by atoms with Gasteiger partial charge < -0.3 is 5.73 Å². The Morgan fingerprint density at radius 1 is 1.46 bits per heavy atom. The number of aryl methyl sites for hydroxylation is 1. The number of nitrogens with zero attached hydrogens (tertiary/aromatic N) is 2. The second kappa shape index (κ2) is 2.55. The molecule has 0 radical (unpaired) electrons. The van der Waals surface area contributed by atoms with Crippen LogP contribution in [-0.4, -0.2) is 21.3 Å². The van der Waals surface area contributed by atoms with Gasteiger partial charge in [0.2, 0.25) is 0 Å². The number of carbonyl (C=O) groups excluding carboxylic acids is 1. The molecule has 0 aliphatic rings. The van der Waals surface area contributed by atoms with Gasteiger partial charge in [0.15, 0.2) is 0 Å². The summed E-state index contributed by atoms with van der Waals surface area (Å²) in [6.45, 7) is 1.81. The second-order valence-electron chi connectivity index (χ2n) is 2.81. The molecule has 0 bridgehead atoms. The molecular formula is C8H8N4O. The molecule has 5 heteroatoms. The molecule has 1 aromatic heterocycles. The number of rotatable bonds is 1. The van der Waals surface area contributed by atoms with E-state index in [-0.39, 0.29) is 0 Å². The molecule has 0 aliphatic heterocycles. The molecule has 0 atom stereocenters. The van der Waals surface area contributed by atoms with Crippen LogP contribution in [0.2, 0.25) is 0 Å². The Labute approximate surface area is 73.9 Å². The van der Waals surface area contributed by atoms with Crippen LogP contribution in [0.1, 0.15) is 15.9 Å². The molecule has 13 heavy (non-hydrogen) atoms. The smallest absolute Gasteiger partial charge is 0.251 e. The third-order valence-corrected chi connectivity index (χ3v) is 1.94. The molecule has 0 aliphatic carbocycles. The van der Waals surface area contributed by atoms with Gasteiger partial charge in [0.1, 0.15) is 11.0 Å². The van der Waals surface area contributed by atoms with Crippen molar-refractivity contribution in [2.24, 2.45) is 5.73 Å². The van der Waals surface area contributed by atoms with E-state index in [1.807, 2.05) is 6.92 Å². The highest BCUT2D eigenvalue weighted by Crippen LogP contribution is 2.17. The maximum Gasteiger partial charge on any atom is 0.251 e. The van der Waals surface area contributed by atoms with Crippen molar-refractivity contribution in [3.8, 4) is 0 Å². The maximum absolute atomic E-state index is 11.1. The zero-order valence-electron chi connectivity index (χ0n) is 7.03. The quantitative estimate of drug-likeness (QED) is 0.658. The highest BCUT2D eigenvalue weighted by Gasteiger charge is 2.12. The Bertz CT molecular complexity index is 474. The molecule has 0 spiro atoms. The van der Waals surface area contributed by atoms with Crippen LogP contribution in [0.3, 0.4) is 0 Å². The number of primary amides is 1. The summed E-state index contributed by atoms with van der Waals surface area (Å²) in [4.78, 5) is 11.1. The van der Waals surface area contributed by atoms with Crippen molar-refractivity contribution >= 4 is 16.9 Å². The first-order chi connectivity index (χ1) is 6.20. The Balaban J connectivity index is 2.88. The summed E-state index contributed by atoms with van der Waals surface area (Å²) in [5, 5.41) is 10.2. The number of fused-ring (bicyclic) bond motifs is 1. The first kappa shape index (κ1) is 7.72. The number of H-pyrrole nitrogens is 1. The van der Waals surface area contributed by atoms with Gasteiger partial charge in [-0.2, -0.15) is 15.4 Å². The van der Waals surface area contributed by atoms with E-state index in [1.54, 1.807) is 12.1 Å². The molecule has 0 fully saturated rings. The van der Waals surface area contributed by atoms with Crippen molar-refractivity contribution in [3.05, 3.63) is 23.3 Å². The van der Waals surface area contributed by atoms with Crippen molar-refractivity contribution in [1.82, 2.24) is 15.4 Å². The van der Waals surface area contributed by atoms with Crippen LogP contribution in [0.4, 0.5) is 0 Å². The number of hydrogen-bond donors (Lipinski definition) is 2. The fraction of sp³-hybridized carbons (Fsp3) is 0.125. The monoisotopic (exact) mass is 176 g/mol. The van der Waals surface area contributed by atoms with Gasteiger partial charge in [0, 0.05) is 0 Å². The molecule has 1 heterocycles. The fourth-order valence-electron chi connectivity index (χ4n) is 1.32. The van der Waals surface area contributed by atoms with E-state index >= 15 is 0 Å². The summed E-state index contributed by atoms with van der Waals surface area (Å²) in [7, 11) is 0. The Morgan fingerprint density at radius 3 is 2.92 bits per heavy atom. The van der Waals surface area contributed by atoms with Crippen LogP contribution < -0.4 is 5.73 Å². The maximum atomic E-state index is 11.1. The molecule has 0 saturated carbocycles. The average molecular weight is 176 g/mol. The number of aromatic nitrogens is 3. The third kappa shape index (κ3) is 1.05. The van der Waals surface area contributed by atoms with Crippen molar-refractivity contribution in [2.45, 2.75) is 6.92 Å². The van der Waals surface area contributed by atoms with Gasteiger partial charge >= 0.3 is 0 Å². The van der Waals surface area contributed by atoms with E-state index in [0.29, 0.717) is 16.6 Å². The van der Waals surface area contributed by atoms with Crippen LogP contribution in [-0.2, 0) is 0 Å². The van der Waals surface area contributed by atoms with Gasteiger partial charge in [-0.15, -0.1) is 0 Å². The summed E-state index contributed by atoms with van der Waals surface area (Å²) in [6, 6.07) is 3.59. The summed E-state index contributed by atoms with van der Waals surface area (Å²) in [5.41, 5.74) is 7.66. The SMILES string of the molecule is Cc1ccc2n[nH]nc2c1C(N)=O. The lowest BCUT2D eigenvalue weighted by Gasteiger charge is -1.99. The normalized spacial score (nSPS) is 10.5. The van der Waals surface area contributed by atoms with Gasteiger partial charge in [0.25, 0.3) is 5.91 Å². The van der Waals surface area contributed by atoms with Gasteiger partial charge in [0.05, 0.1) is 5.56 Å². The molecule has 3 N–H and O–H groups in total. The highest BCUT2D eigenvalue weighted by molar-refractivity contribution is 6.05. The highest BCUT2D eigenvalue weighted by atomic mass is 16.1. The minimum atomic E-state index is -0.475. The molecule has 5 nitrogen and oxygen atoms in total. The summed E-state index contributed by atoms with van der Waals surface area (Å²) in [5.74, 6) is -0.475. The topological polar surface area (TPSA) is 84.7 Å². The minimum absolute atomic E-state index is 0.436. The molecule has 1 aromatic carbocycles. The van der Waals surface area contributed by atoms with E-state index in [4.69, 9.17) is 5.73 Å². The van der Waals surface area contributed by atoms with E-state index in [1.165, 1.54) is 0 Å². The molecule has 0 saturated heterocycles. The number of hydrogen-bond acceptors (Lipinski definition) is 3. The molecule has 1 amide bonds. The summed E-state index contributed by atoms with van der Waals surface area (Å²) < 4.78 is 0. The lowest BCUT2D eigenvalue weighted by molar-refractivity contribution is 0.100. The first-order valence-electron chi connectivity index (χ1n) is 3.80. The fourth-order valence-corrected chi connectivity index (χ4v) is 1.32. The van der Waals surface area contributed by atoms with Crippen molar-refractivity contribution in [1.29, 1.82) is 0 Å². The molecular weight excluding hydrogens is 168 g/mol. The average Bonchev–Trinajstić information content (AvgIpc) is 2.50. The number of aromatic amines is 1. The Hall–Kier alpha value is -1.91. The lowest BCUT2D eigenvalue weighted by Crippen LogP contribution is -2.13. The second-order valence-corrected chi connectivity index (χ2v) is 2.81. The molecule has 66 valence electrons. The largest absolute Gasteiger partial charge is 0.366 e. The summed E-state index contributed by atoms with van der Waals surface area (Å²) >= 11 is 0. The van der Waals surface area contributed by atoms with E-state index in [2.05, 4.69) is 15.4 Å².